The number of esters is 1. The van der Waals surface area contributed by atoms with E-state index >= 15 is 0 Å². The summed E-state index contributed by atoms with van der Waals surface area (Å²) in [7, 11) is 1.29. The van der Waals surface area contributed by atoms with E-state index in [4.69, 9.17) is 4.74 Å². The minimum atomic E-state index is -0.624. The second kappa shape index (κ2) is 6.76. The van der Waals surface area contributed by atoms with Crippen LogP contribution in [0.15, 0.2) is 47.4 Å². The van der Waals surface area contributed by atoms with Gasteiger partial charge in [0.05, 0.1) is 24.6 Å². The number of H-pyrrole nitrogens is 1. The van der Waals surface area contributed by atoms with Crippen LogP contribution in [0.5, 0.6) is 5.75 Å². The average Bonchev–Trinajstić information content (AvgIpc) is 2.59. The predicted octanol–water partition coefficient (Wildman–Crippen LogP) is 2.63. The first-order valence-corrected chi connectivity index (χ1v) is 7.84. The van der Waals surface area contributed by atoms with Gasteiger partial charge in [0.15, 0.2) is 0 Å². The molecule has 1 aromatic carbocycles. The minimum Gasteiger partial charge on any atom is -0.507 e. The molecule has 128 valence electrons. The summed E-state index contributed by atoms with van der Waals surface area (Å²) < 4.78 is 4.77. The summed E-state index contributed by atoms with van der Waals surface area (Å²) in [5.74, 6) is -1.22. The lowest BCUT2D eigenvalue weighted by Gasteiger charge is -2.18. The van der Waals surface area contributed by atoms with E-state index < -0.39 is 17.4 Å². The summed E-state index contributed by atoms with van der Waals surface area (Å²) >= 11 is 0. The molecule has 0 bridgehead atoms. The Morgan fingerprint density at radius 3 is 2.84 bits per heavy atom. The smallest absolute Gasteiger partial charge is 0.306 e. The van der Waals surface area contributed by atoms with Crippen molar-refractivity contribution in [3.8, 4) is 5.75 Å². The van der Waals surface area contributed by atoms with E-state index in [0.717, 1.165) is 16.5 Å². The summed E-state index contributed by atoms with van der Waals surface area (Å²) in [6.45, 7) is 1.68. The number of rotatable bonds is 4. The number of carbonyl (C=O) groups is 1. The van der Waals surface area contributed by atoms with Crippen LogP contribution in [0.2, 0.25) is 0 Å². The highest BCUT2D eigenvalue weighted by atomic mass is 16.5. The first-order chi connectivity index (χ1) is 12.0. The maximum absolute atomic E-state index is 12.4. The molecule has 0 saturated carbocycles. The Bertz CT molecular complexity index is 994. The minimum absolute atomic E-state index is 0.0536. The zero-order chi connectivity index (χ0) is 18.0. The Labute approximate surface area is 144 Å². The van der Waals surface area contributed by atoms with Gasteiger partial charge in [0.25, 0.3) is 5.56 Å². The third-order valence-corrected chi connectivity index (χ3v) is 4.16. The maximum atomic E-state index is 12.4. The quantitative estimate of drug-likeness (QED) is 0.714. The van der Waals surface area contributed by atoms with Gasteiger partial charge in [0, 0.05) is 23.2 Å². The first-order valence-electron chi connectivity index (χ1n) is 7.84. The number of nitrogens with zero attached hydrogens (tertiary/aromatic N) is 1. The van der Waals surface area contributed by atoms with E-state index in [1.54, 1.807) is 13.1 Å². The van der Waals surface area contributed by atoms with Crippen molar-refractivity contribution in [3.05, 3.63) is 69.8 Å². The van der Waals surface area contributed by atoms with Crippen LogP contribution < -0.4 is 5.56 Å². The Morgan fingerprint density at radius 2 is 2.12 bits per heavy atom. The van der Waals surface area contributed by atoms with Gasteiger partial charge in [-0.3, -0.25) is 14.6 Å². The van der Waals surface area contributed by atoms with Crippen molar-refractivity contribution >= 4 is 16.9 Å². The molecule has 0 aliphatic rings. The van der Waals surface area contributed by atoms with Gasteiger partial charge in [0.2, 0.25) is 0 Å². The number of hydrogen-bond acceptors (Lipinski definition) is 5. The fraction of sp³-hybridized carbons (Fsp3) is 0.211. The molecule has 6 heteroatoms. The highest BCUT2D eigenvalue weighted by Crippen LogP contribution is 2.33. The highest BCUT2D eigenvalue weighted by Gasteiger charge is 2.25. The van der Waals surface area contributed by atoms with Crippen molar-refractivity contribution in [1.29, 1.82) is 0 Å². The van der Waals surface area contributed by atoms with Crippen molar-refractivity contribution in [2.45, 2.75) is 19.3 Å². The molecule has 3 rings (SSSR count). The van der Waals surface area contributed by atoms with Gasteiger partial charge in [-0.05, 0) is 36.8 Å². The number of methoxy groups -OCH3 is 1. The molecule has 1 atom stereocenters. The highest BCUT2D eigenvalue weighted by molar-refractivity contribution is 5.80. The number of hydrogen-bond donors (Lipinski definition) is 2. The van der Waals surface area contributed by atoms with E-state index in [1.165, 1.54) is 13.2 Å². The summed E-state index contributed by atoms with van der Waals surface area (Å²) in [5, 5.41) is 11.2. The number of ether oxygens (including phenoxy) is 1. The zero-order valence-corrected chi connectivity index (χ0v) is 13.9. The fourth-order valence-corrected chi connectivity index (χ4v) is 2.97. The van der Waals surface area contributed by atoms with Crippen molar-refractivity contribution < 1.29 is 14.6 Å². The molecule has 25 heavy (non-hydrogen) atoms. The van der Waals surface area contributed by atoms with Crippen molar-refractivity contribution in [2.75, 3.05) is 7.11 Å². The molecule has 3 aromatic rings. The van der Waals surface area contributed by atoms with Gasteiger partial charge in [0.1, 0.15) is 5.75 Å². The van der Waals surface area contributed by atoms with Gasteiger partial charge >= 0.3 is 5.97 Å². The molecule has 0 amide bonds. The molecule has 0 fully saturated rings. The van der Waals surface area contributed by atoms with E-state index in [-0.39, 0.29) is 17.7 Å². The summed E-state index contributed by atoms with van der Waals surface area (Å²) in [6, 6.07) is 10.7. The van der Waals surface area contributed by atoms with Crippen LogP contribution in [-0.2, 0) is 9.53 Å². The lowest BCUT2D eigenvalue weighted by atomic mass is 9.88. The Balaban J connectivity index is 2.17. The summed E-state index contributed by atoms with van der Waals surface area (Å²) in [4.78, 5) is 31.3. The molecule has 1 unspecified atom stereocenters. The Hall–Kier alpha value is -3.15. The number of aromatic hydroxyl groups is 1. The van der Waals surface area contributed by atoms with Crippen molar-refractivity contribution in [1.82, 2.24) is 9.97 Å². The first kappa shape index (κ1) is 16.7. The monoisotopic (exact) mass is 338 g/mol. The number of aromatic amines is 1. The fourth-order valence-electron chi connectivity index (χ4n) is 2.97. The molecule has 2 N–H and O–H groups in total. The van der Waals surface area contributed by atoms with Crippen LogP contribution in [0.25, 0.3) is 10.9 Å². The number of aromatic nitrogens is 2. The van der Waals surface area contributed by atoms with Gasteiger partial charge in [-0.15, -0.1) is 0 Å². The van der Waals surface area contributed by atoms with Crippen molar-refractivity contribution in [3.63, 3.8) is 0 Å². The lowest BCUT2D eigenvalue weighted by molar-refractivity contribution is -0.140. The normalized spacial score (nSPS) is 12.1. The predicted molar refractivity (Wildman–Crippen MR) is 93.7 cm³/mol. The number of pyridine rings is 2. The van der Waals surface area contributed by atoms with Crippen LogP contribution in [0, 0.1) is 6.92 Å². The lowest BCUT2D eigenvalue weighted by Crippen LogP contribution is -2.20. The Kier molecular flexibility index (Phi) is 4.52. The van der Waals surface area contributed by atoms with Gasteiger partial charge in [-0.2, -0.15) is 0 Å². The second-order valence-electron chi connectivity index (χ2n) is 5.87. The van der Waals surface area contributed by atoms with E-state index in [0.29, 0.717) is 5.69 Å². The molecule has 0 aliphatic heterocycles. The largest absolute Gasteiger partial charge is 0.507 e. The number of aryl methyl sites for hydroxylation is 1. The summed E-state index contributed by atoms with van der Waals surface area (Å²) in [6.07, 6.45) is 1.65. The molecule has 0 aliphatic carbocycles. The number of carbonyl (C=O) groups excluding carboxylic acids is 1. The average molecular weight is 338 g/mol. The number of nitrogens with one attached hydrogen (secondary N) is 1. The summed E-state index contributed by atoms with van der Waals surface area (Å²) in [5.41, 5.74) is 1.82. The molecule has 0 spiro atoms. The third-order valence-electron chi connectivity index (χ3n) is 4.16. The van der Waals surface area contributed by atoms with Gasteiger partial charge < -0.3 is 14.8 Å². The van der Waals surface area contributed by atoms with Crippen LogP contribution in [0.1, 0.15) is 29.2 Å². The molecule has 2 aromatic heterocycles. The van der Waals surface area contributed by atoms with E-state index in [2.05, 4.69) is 9.97 Å². The Morgan fingerprint density at radius 1 is 1.32 bits per heavy atom. The van der Waals surface area contributed by atoms with Crippen LogP contribution in [0.3, 0.4) is 0 Å². The molecular formula is C19H18N2O4. The molecule has 2 heterocycles. The topological polar surface area (TPSA) is 92.3 Å². The molecular weight excluding hydrogens is 320 g/mol. The zero-order valence-electron chi connectivity index (χ0n) is 13.9. The van der Waals surface area contributed by atoms with Crippen LogP contribution in [-0.4, -0.2) is 28.2 Å². The third kappa shape index (κ3) is 3.38. The van der Waals surface area contributed by atoms with Gasteiger partial charge in [-0.1, -0.05) is 12.1 Å². The SMILES string of the molecule is COC(=O)CC(c1ccc2ncccc2c1)c1c(O)cc(C)[nH]c1=O. The molecule has 6 nitrogen and oxygen atoms in total. The molecule has 0 saturated heterocycles. The van der Waals surface area contributed by atoms with E-state index in [1.807, 2.05) is 30.3 Å². The van der Waals surface area contributed by atoms with E-state index in [9.17, 15) is 14.7 Å². The molecule has 0 radical (unpaired) electrons. The number of fused-ring (bicyclic) bond motifs is 1. The maximum Gasteiger partial charge on any atom is 0.306 e. The van der Waals surface area contributed by atoms with Crippen LogP contribution in [0.4, 0.5) is 0 Å². The second-order valence-corrected chi connectivity index (χ2v) is 5.87. The van der Waals surface area contributed by atoms with Crippen LogP contribution >= 0.6 is 0 Å². The number of benzene rings is 1. The van der Waals surface area contributed by atoms with Crippen molar-refractivity contribution in [2.24, 2.45) is 0 Å². The standard InChI is InChI=1S/C19H18N2O4/c1-11-8-16(22)18(19(24)21-11)14(10-17(23)25-2)12-5-6-15-13(9-12)4-3-7-20-15/h3-9,14H,10H2,1-2H3,(H2,21,22,24). The van der Waals surface area contributed by atoms with Gasteiger partial charge in [-0.25, -0.2) is 0 Å².